The van der Waals surface area contributed by atoms with Gasteiger partial charge in [0.1, 0.15) is 0 Å². The highest BCUT2D eigenvalue weighted by Gasteiger charge is 2.40. The molecule has 31 heavy (non-hydrogen) atoms. The van der Waals surface area contributed by atoms with Gasteiger partial charge in [0.15, 0.2) is 11.5 Å². The molecule has 0 spiro atoms. The van der Waals surface area contributed by atoms with Crippen LogP contribution >= 0.6 is 0 Å². The summed E-state index contributed by atoms with van der Waals surface area (Å²) in [5, 5.41) is 8.49. The van der Waals surface area contributed by atoms with E-state index in [-0.39, 0.29) is 17.7 Å². The van der Waals surface area contributed by atoms with Crippen LogP contribution in [0.3, 0.4) is 0 Å². The van der Waals surface area contributed by atoms with E-state index in [9.17, 15) is 4.79 Å². The minimum Gasteiger partial charge on any atom is -0.493 e. The fraction of sp³-hybridized carbons (Fsp3) is 0.348. The number of methoxy groups -OCH3 is 3. The highest BCUT2D eigenvalue weighted by molar-refractivity contribution is 5.98. The Kier molecular flexibility index (Phi) is 6.18. The number of para-hydroxylation sites is 1. The van der Waals surface area contributed by atoms with Crippen molar-refractivity contribution in [3.05, 3.63) is 60.0 Å². The number of rotatable bonds is 7. The molecule has 0 N–H and O–H groups in total. The molecular weight excluding hydrogens is 398 g/mol. The minimum absolute atomic E-state index is 0.0367. The van der Waals surface area contributed by atoms with Gasteiger partial charge in [0.05, 0.1) is 32.3 Å². The van der Waals surface area contributed by atoms with Gasteiger partial charge in [-0.3, -0.25) is 4.79 Å². The van der Waals surface area contributed by atoms with Gasteiger partial charge in [-0.25, -0.2) is 0 Å². The third-order valence-corrected chi connectivity index (χ3v) is 5.52. The first-order chi connectivity index (χ1) is 15.2. The number of carbonyl (C=O) groups is 1. The Morgan fingerprint density at radius 3 is 2.55 bits per heavy atom. The first-order valence-electron chi connectivity index (χ1n) is 10.0. The molecule has 4 rings (SSSR count). The molecule has 0 radical (unpaired) electrons. The van der Waals surface area contributed by atoms with Crippen molar-refractivity contribution in [3.8, 4) is 23.0 Å². The zero-order chi connectivity index (χ0) is 21.8. The summed E-state index contributed by atoms with van der Waals surface area (Å²) >= 11 is 0. The largest absolute Gasteiger partial charge is 0.493 e. The lowest BCUT2D eigenvalue weighted by Crippen LogP contribution is -2.29. The summed E-state index contributed by atoms with van der Waals surface area (Å²) in [6, 6.07) is 14.9. The van der Waals surface area contributed by atoms with Gasteiger partial charge in [-0.05, 0) is 24.3 Å². The highest BCUT2D eigenvalue weighted by Crippen LogP contribution is 2.37. The maximum absolute atomic E-state index is 13.3. The van der Waals surface area contributed by atoms with Gasteiger partial charge in [0, 0.05) is 31.7 Å². The second-order valence-corrected chi connectivity index (χ2v) is 7.38. The Morgan fingerprint density at radius 1 is 1.03 bits per heavy atom. The fourth-order valence-corrected chi connectivity index (χ4v) is 4.01. The van der Waals surface area contributed by atoms with Crippen molar-refractivity contribution in [2.24, 2.45) is 5.92 Å². The molecule has 0 bridgehead atoms. The van der Waals surface area contributed by atoms with Gasteiger partial charge >= 0.3 is 0 Å². The lowest BCUT2D eigenvalue weighted by atomic mass is 9.97. The third-order valence-electron chi connectivity index (χ3n) is 5.52. The van der Waals surface area contributed by atoms with Crippen molar-refractivity contribution >= 4 is 5.91 Å². The smallest absolute Gasteiger partial charge is 0.257 e. The van der Waals surface area contributed by atoms with Crippen LogP contribution in [-0.2, 0) is 4.74 Å². The predicted octanol–water partition coefficient (Wildman–Crippen LogP) is 3.26. The lowest BCUT2D eigenvalue weighted by molar-refractivity contribution is 0.0771. The normalized spacial score (nSPS) is 18.2. The Hall–Kier alpha value is -3.39. The summed E-state index contributed by atoms with van der Waals surface area (Å²) in [7, 11) is 4.72. The fourth-order valence-electron chi connectivity index (χ4n) is 4.01. The summed E-state index contributed by atoms with van der Waals surface area (Å²) in [4.78, 5) is 15.1. The molecule has 8 nitrogen and oxygen atoms in total. The Morgan fingerprint density at radius 2 is 1.84 bits per heavy atom. The van der Waals surface area contributed by atoms with E-state index in [1.54, 1.807) is 37.3 Å². The zero-order valence-corrected chi connectivity index (χ0v) is 17.8. The second-order valence-electron chi connectivity index (χ2n) is 7.38. The monoisotopic (exact) mass is 423 g/mol. The number of aromatic nitrogens is 2. The minimum atomic E-state index is -0.137. The number of carbonyl (C=O) groups excluding carboxylic acids is 1. The number of nitrogens with zero attached hydrogens (tertiary/aromatic N) is 3. The highest BCUT2D eigenvalue weighted by atomic mass is 16.5. The Bertz CT molecular complexity index is 1040. The van der Waals surface area contributed by atoms with Gasteiger partial charge in [-0.1, -0.05) is 24.3 Å². The van der Waals surface area contributed by atoms with Crippen LogP contribution in [0, 0.1) is 5.92 Å². The summed E-state index contributed by atoms with van der Waals surface area (Å²) in [5.74, 6) is 1.69. The number of likely N-dealkylation sites (tertiary alicyclic amines) is 1. The van der Waals surface area contributed by atoms with Gasteiger partial charge in [0.2, 0.25) is 11.8 Å². The van der Waals surface area contributed by atoms with E-state index in [4.69, 9.17) is 18.6 Å². The van der Waals surface area contributed by atoms with Crippen molar-refractivity contribution in [1.29, 1.82) is 0 Å². The summed E-state index contributed by atoms with van der Waals surface area (Å²) in [6.07, 6.45) is 0. The standard InChI is InChI=1S/C23H25N3O5/c1-28-14-16-12-26(23(27)17-10-7-11-19(29-2)20(17)30-3)13-18(16)22-25-24-21(31-22)15-8-5-4-6-9-15/h4-11,16,18H,12-14H2,1-3H3/t16-,18+/m0/s1. The second kappa shape index (κ2) is 9.18. The predicted molar refractivity (Wildman–Crippen MR) is 113 cm³/mol. The first kappa shape index (κ1) is 20.9. The topological polar surface area (TPSA) is 86.9 Å². The molecule has 1 saturated heterocycles. The Labute approximate surface area is 180 Å². The molecule has 2 aromatic carbocycles. The summed E-state index contributed by atoms with van der Waals surface area (Å²) < 4.78 is 22.2. The van der Waals surface area contributed by atoms with Crippen LogP contribution in [0.2, 0.25) is 0 Å². The zero-order valence-electron chi connectivity index (χ0n) is 17.8. The van der Waals surface area contributed by atoms with Crippen LogP contribution in [0.25, 0.3) is 11.5 Å². The van der Waals surface area contributed by atoms with Crippen molar-refractivity contribution in [2.75, 3.05) is 41.0 Å². The van der Waals surface area contributed by atoms with Crippen molar-refractivity contribution in [3.63, 3.8) is 0 Å². The van der Waals surface area contributed by atoms with E-state index in [0.717, 1.165) is 5.56 Å². The van der Waals surface area contributed by atoms with Crippen LogP contribution in [0.15, 0.2) is 52.9 Å². The molecule has 1 aromatic heterocycles. The average molecular weight is 423 g/mol. The van der Waals surface area contributed by atoms with E-state index in [0.29, 0.717) is 48.5 Å². The quantitative estimate of drug-likeness (QED) is 0.576. The van der Waals surface area contributed by atoms with Crippen LogP contribution < -0.4 is 9.47 Å². The molecular formula is C23H25N3O5. The van der Waals surface area contributed by atoms with Gasteiger partial charge < -0.3 is 23.5 Å². The molecule has 3 aromatic rings. The van der Waals surface area contributed by atoms with Crippen LogP contribution in [0.1, 0.15) is 22.2 Å². The molecule has 2 atom stereocenters. The van der Waals surface area contributed by atoms with Gasteiger partial charge in [-0.2, -0.15) is 0 Å². The summed E-state index contributed by atoms with van der Waals surface area (Å²) in [5.41, 5.74) is 1.31. The van der Waals surface area contributed by atoms with E-state index < -0.39 is 0 Å². The molecule has 1 fully saturated rings. The Balaban J connectivity index is 1.59. The number of hydrogen-bond acceptors (Lipinski definition) is 7. The average Bonchev–Trinajstić information content (AvgIpc) is 3.46. The molecule has 1 aliphatic rings. The number of amides is 1. The molecule has 0 aliphatic carbocycles. The maximum Gasteiger partial charge on any atom is 0.257 e. The van der Waals surface area contributed by atoms with Crippen molar-refractivity contribution in [1.82, 2.24) is 15.1 Å². The van der Waals surface area contributed by atoms with E-state index in [1.807, 2.05) is 30.3 Å². The first-order valence-corrected chi connectivity index (χ1v) is 10.0. The van der Waals surface area contributed by atoms with Crippen molar-refractivity contribution in [2.45, 2.75) is 5.92 Å². The SMILES string of the molecule is COC[C@@H]1CN(C(=O)c2cccc(OC)c2OC)C[C@H]1c1nnc(-c2ccccc2)o1. The summed E-state index contributed by atoms with van der Waals surface area (Å²) in [6.45, 7) is 1.44. The number of benzene rings is 2. The number of ether oxygens (including phenoxy) is 3. The molecule has 0 saturated carbocycles. The van der Waals surface area contributed by atoms with E-state index in [2.05, 4.69) is 10.2 Å². The number of hydrogen-bond donors (Lipinski definition) is 0. The van der Waals surface area contributed by atoms with Gasteiger partial charge in [0.25, 0.3) is 5.91 Å². The molecule has 1 aliphatic heterocycles. The molecule has 8 heteroatoms. The van der Waals surface area contributed by atoms with Crippen molar-refractivity contribution < 1.29 is 23.4 Å². The molecule has 0 unspecified atom stereocenters. The van der Waals surface area contributed by atoms with E-state index in [1.165, 1.54) is 7.11 Å². The molecule has 1 amide bonds. The van der Waals surface area contributed by atoms with E-state index >= 15 is 0 Å². The maximum atomic E-state index is 13.3. The van der Waals surface area contributed by atoms with Crippen LogP contribution in [0.4, 0.5) is 0 Å². The van der Waals surface area contributed by atoms with Crippen LogP contribution in [0.5, 0.6) is 11.5 Å². The third kappa shape index (κ3) is 4.11. The van der Waals surface area contributed by atoms with Crippen LogP contribution in [-0.4, -0.2) is 62.0 Å². The lowest BCUT2D eigenvalue weighted by Gasteiger charge is -2.19. The molecule has 2 heterocycles. The molecule has 162 valence electrons. The van der Waals surface area contributed by atoms with Gasteiger partial charge in [-0.15, -0.1) is 10.2 Å².